The standard InChI is InChI=1S/C23H24N4O/c1-23(2,3)17-9-5-6-10-18(17)25-22-24-14-12-19(26-22)21(28)27-15-13-16-8-4-7-11-20(16)27/h4-12,14H,13,15H2,1-3H3,(H,24,25,26). The second kappa shape index (κ2) is 7.08. The molecule has 1 N–H and O–H groups in total. The molecule has 0 unspecified atom stereocenters. The van der Waals surface area contributed by atoms with Crippen LogP contribution in [0.4, 0.5) is 17.3 Å². The molecule has 3 aromatic rings. The van der Waals surface area contributed by atoms with Gasteiger partial charge in [0.2, 0.25) is 5.95 Å². The minimum atomic E-state index is -0.0977. The first-order valence-electron chi connectivity index (χ1n) is 9.53. The van der Waals surface area contributed by atoms with Crippen LogP contribution in [0.3, 0.4) is 0 Å². The minimum Gasteiger partial charge on any atom is -0.324 e. The number of para-hydroxylation sites is 2. The zero-order valence-corrected chi connectivity index (χ0v) is 16.4. The first-order chi connectivity index (χ1) is 13.4. The maximum absolute atomic E-state index is 13.0. The number of hydrogen-bond donors (Lipinski definition) is 1. The SMILES string of the molecule is CC(C)(C)c1ccccc1Nc1nccc(C(=O)N2CCc3ccccc32)n1. The highest BCUT2D eigenvalue weighted by molar-refractivity contribution is 6.06. The molecule has 2 heterocycles. The van der Waals surface area contributed by atoms with Gasteiger partial charge in [0.05, 0.1) is 0 Å². The van der Waals surface area contributed by atoms with E-state index in [2.05, 4.69) is 48.2 Å². The minimum absolute atomic E-state index is 0.0176. The molecule has 2 aromatic carbocycles. The molecule has 4 rings (SSSR count). The largest absolute Gasteiger partial charge is 0.324 e. The molecule has 142 valence electrons. The molecule has 0 aliphatic carbocycles. The van der Waals surface area contributed by atoms with E-state index in [9.17, 15) is 4.79 Å². The van der Waals surface area contributed by atoms with E-state index in [1.54, 1.807) is 17.2 Å². The Morgan fingerprint density at radius 2 is 1.79 bits per heavy atom. The number of nitrogens with zero attached hydrogens (tertiary/aromatic N) is 3. The third kappa shape index (κ3) is 3.48. The van der Waals surface area contributed by atoms with E-state index >= 15 is 0 Å². The summed E-state index contributed by atoms with van der Waals surface area (Å²) in [7, 11) is 0. The normalized spacial score (nSPS) is 13.3. The fourth-order valence-corrected chi connectivity index (χ4v) is 3.59. The molecule has 5 heteroatoms. The summed E-state index contributed by atoms with van der Waals surface area (Å²) in [5, 5.41) is 3.29. The number of nitrogens with one attached hydrogen (secondary N) is 1. The van der Waals surface area contributed by atoms with E-state index in [1.165, 1.54) is 11.1 Å². The number of aromatic nitrogens is 2. The van der Waals surface area contributed by atoms with E-state index < -0.39 is 0 Å². The van der Waals surface area contributed by atoms with Gasteiger partial charge >= 0.3 is 0 Å². The van der Waals surface area contributed by atoms with Crippen LogP contribution in [0.15, 0.2) is 60.8 Å². The highest BCUT2D eigenvalue weighted by atomic mass is 16.2. The van der Waals surface area contributed by atoms with Crippen LogP contribution in [-0.2, 0) is 11.8 Å². The molecule has 1 aliphatic rings. The summed E-state index contributed by atoms with van der Waals surface area (Å²) in [6, 6.07) is 17.8. The van der Waals surface area contributed by atoms with Crippen LogP contribution in [0.2, 0.25) is 0 Å². The van der Waals surface area contributed by atoms with E-state index in [4.69, 9.17) is 0 Å². The number of hydrogen-bond acceptors (Lipinski definition) is 4. The topological polar surface area (TPSA) is 58.1 Å². The summed E-state index contributed by atoms with van der Waals surface area (Å²) >= 11 is 0. The molecule has 1 aliphatic heterocycles. The van der Waals surface area contributed by atoms with Crippen molar-refractivity contribution in [2.24, 2.45) is 0 Å². The summed E-state index contributed by atoms with van der Waals surface area (Å²) < 4.78 is 0. The van der Waals surface area contributed by atoms with Gasteiger partial charge in [-0.15, -0.1) is 0 Å². The van der Waals surface area contributed by atoms with Gasteiger partial charge in [-0.2, -0.15) is 0 Å². The Hall–Kier alpha value is -3.21. The molecular weight excluding hydrogens is 348 g/mol. The average Bonchev–Trinajstić information content (AvgIpc) is 3.11. The smallest absolute Gasteiger partial charge is 0.277 e. The van der Waals surface area contributed by atoms with Crippen LogP contribution in [-0.4, -0.2) is 22.4 Å². The number of benzene rings is 2. The van der Waals surface area contributed by atoms with Gasteiger partial charge in [0.15, 0.2) is 0 Å². The first-order valence-corrected chi connectivity index (χ1v) is 9.53. The van der Waals surface area contributed by atoms with Gasteiger partial charge < -0.3 is 10.2 Å². The van der Waals surface area contributed by atoms with Crippen molar-refractivity contribution in [3.63, 3.8) is 0 Å². The molecule has 1 aromatic heterocycles. The van der Waals surface area contributed by atoms with Gasteiger partial charge in [-0.1, -0.05) is 57.2 Å². The molecule has 0 saturated heterocycles. The Labute approximate surface area is 165 Å². The van der Waals surface area contributed by atoms with Gasteiger partial charge in [-0.25, -0.2) is 9.97 Å². The van der Waals surface area contributed by atoms with Crippen molar-refractivity contribution in [1.82, 2.24) is 9.97 Å². The molecule has 0 bridgehead atoms. The number of fused-ring (bicyclic) bond motifs is 1. The number of carbonyl (C=O) groups excluding carboxylic acids is 1. The van der Waals surface area contributed by atoms with Gasteiger partial charge in [-0.05, 0) is 41.2 Å². The monoisotopic (exact) mass is 372 g/mol. The van der Waals surface area contributed by atoms with Crippen LogP contribution in [0, 0.1) is 0 Å². The van der Waals surface area contributed by atoms with Gasteiger partial charge in [0.1, 0.15) is 5.69 Å². The molecule has 28 heavy (non-hydrogen) atoms. The van der Waals surface area contributed by atoms with E-state index in [0.717, 1.165) is 17.8 Å². The third-order valence-electron chi connectivity index (χ3n) is 4.99. The van der Waals surface area contributed by atoms with Crippen molar-refractivity contribution in [1.29, 1.82) is 0 Å². The quantitative estimate of drug-likeness (QED) is 0.723. The van der Waals surface area contributed by atoms with Crippen molar-refractivity contribution in [2.75, 3.05) is 16.8 Å². The summed E-state index contributed by atoms with van der Waals surface area (Å²) in [5.41, 5.74) is 4.66. The molecular formula is C23H24N4O. The predicted molar refractivity (Wildman–Crippen MR) is 112 cm³/mol. The lowest BCUT2D eigenvalue weighted by Crippen LogP contribution is -2.29. The van der Waals surface area contributed by atoms with Crippen LogP contribution < -0.4 is 10.2 Å². The van der Waals surface area contributed by atoms with Crippen molar-refractivity contribution in [3.8, 4) is 0 Å². The van der Waals surface area contributed by atoms with Crippen LogP contribution in [0.1, 0.15) is 42.4 Å². The van der Waals surface area contributed by atoms with Crippen molar-refractivity contribution in [2.45, 2.75) is 32.6 Å². The Bertz CT molecular complexity index is 1020. The Morgan fingerprint density at radius 1 is 1.04 bits per heavy atom. The maximum atomic E-state index is 13.0. The summed E-state index contributed by atoms with van der Waals surface area (Å²) in [6.07, 6.45) is 2.50. The molecule has 0 atom stereocenters. The maximum Gasteiger partial charge on any atom is 0.277 e. The second-order valence-electron chi connectivity index (χ2n) is 8.02. The zero-order chi connectivity index (χ0) is 19.7. The number of anilines is 3. The van der Waals surface area contributed by atoms with E-state index in [-0.39, 0.29) is 11.3 Å². The highest BCUT2D eigenvalue weighted by Crippen LogP contribution is 2.31. The summed E-state index contributed by atoms with van der Waals surface area (Å²) in [4.78, 5) is 23.7. The molecule has 0 radical (unpaired) electrons. The third-order valence-corrected chi connectivity index (χ3v) is 4.99. The number of amides is 1. The zero-order valence-electron chi connectivity index (χ0n) is 16.4. The molecule has 0 spiro atoms. The number of carbonyl (C=O) groups is 1. The van der Waals surface area contributed by atoms with Gasteiger partial charge in [-0.3, -0.25) is 4.79 Å². The predicted octanol–water partition coefficient (Wildman–Crippen LogP) is 4.72. The lowest BCUT2D eigenvalue weighted by Gasteiger charge is -2.23. The van der Waals surface area contributed by atoms with E-state index in [1.807, 2.05) is 36.4 Å². The number of rotatable bonds is 3. The lowest BCUT2D eigenvalue weighted by molar-refractivity contribution is 0.0984. The van der Waals surface area contributed by atoms with E-state index in [0.29, 0.717) is 18.2 Å². The molecule has 0 saturated carbocycles. The second-order valence-corrected chi connectivity index (χ2v) is 8.02. The molecule has 5 nitrogen and oxygen atoms in total. The van der Waals surface area contributed by atoms with Crippen LogP contribution >= 0.6 is 0 Å². The van der Waals surface area contributed by atoms with Crippen molar-refractivity contribution < 1.29 is 4.79 Å². The Kier molecular flexibility index (Phi) is 4.59. The van der Waals surface area contributed by atoms with Crippen molar-refractivity contribution in [3.05, 3.63) is 77.6 Å². The van der Waals surface area contributed by atoms with Crippen LogP contribution in [0.25, 0.3) is 0 Å². The summed E-state index contributed by atoms with van der Waals surface area (Å²) in [6.45, 7) is 7.18. The van der Waals surface area contributed by atoms with Gasteiger partial charge in [0.25, 0.3) is 5.91 Å². The first kappa shape index (κ1) is 18.2. The molecule has 1 amide bonds. The Balaban J connectivity index is 1.61. The highest BCUT2D eigenvalue weighted by Gasteiger charge is 2.26. The summed E-state index contributed by atoms with van der Waals surface area (Å²) in [5.74, 6) is 0.328. The van der Waals surface area contributed by atoms with Crippen molar-refractivity contribution >= 4 is 23.2 Å². The molecule has 0 fully saturated rings. The fourth-order valence-electron chi connectivity index (χ4n) is 3.59. The lowest BCUT2D eigenvalue weighted by atomic mass is 9.86. The van der Waals surface area contributed by atoms with Crippen LogP contribution in [0.5, 0.6) is 0 Å². The fraction of sp³-hybridized carbons (Fsp3) is 0.261. The Morgan fingerprint density at radius 3 is 2.61 bits per heavy atom. The average molecular weight is 372 g/mol. The van der Waals surface area contributed by atoms with Gasteiger partial charge in [0, 0.05) is 24.1 Å².